The summed E-state index contributed by atoms with van der Waals surface area (Å²) in [6, 6.07) is 7.79. The molecule has 0 bridgehead atoms. The van der Waals surface area contributed by atoms with Gasteiger partial charge in [-0.3, -0.25) is 4.79 Å². The highest BCUT2D eigenvalue weighted by Gasteiger charge is 2.42. The number of fused-ring (bicyclic) bond motifs is 1. The Hall–Kier alpha value is -2.79. The van der Waals surface area contributed by atoms with E-state index in [9.17, 15) is 24.3 Å². The molecule has 2 fully saturated rings. The number of carboxylic acids is 1. The second-order valence-electron chi connectivity index (χ2n) is 8.81. The van der Waals surface area contributed by atoms with Crippen molar-refractivity contribution in [2.24, 2.45) is 5.73 Å². The van der Waals surface area contributed by atoms with E-state index in [2.05, 4.69) is 10.6 Å². The van der Waals surface area contributed by atoms with Gasteiger partial charge in [0.05, 0.1) is 12.1 Å². The lowest BCUT2D eigenvalue weighted by molar-refractivity contribution is -0.149. The fourth-order valence-electron chi connectivity index (χ4n) is 4.42. The fourth-order valence-corrected chi connectivity index (χ4v) is 5.97. The van der Waals surface area contributed by atoms with Crippen LogP contribution in [0, 0.1) is 0 Å². The highest BCUT2D eigenvalue weighted by Crippen LogP contribution is 2.33. The molecule has 35 heavy (non-hydrogen) atoms. The van der Waals surface area contributed by atoms with Crippen LogP contribution in [0.5, 0.6) is 0 Å². The first-order valence-corrected chi connectivity index (χ1v) is 13.1. The van der Waals surface area contributed by atoms with Crippen molar-refractivity contribution in [3.8, 4) is 0 Å². The van der Waals surface area contributed by atoms with Gasteiger partial charge in [0.25, 0.3) is 0 Å². The summed E-state index contributed by atoms with van der Waals surface area (Å²) in [4.78, 5) is 50.2. The molecule has 0 aromatic heterocycles. The Bertz CT molecular complexity index is 886. The van der Waals surface area contributed by atoms with Crippen molar-refractivity contribution in [3.63, 3.8) is 0 Å². The molecule has 4 amide bonds. The number of aliphatic carboxylic acids is 1. The predicted molar refractivity (Wildman–Crippen MR) is 132 cm³/mol. The number of nitrogens with zero attached hydrogens (tertiary/aromatic N) is 1. The van der Waals surface area contributed by atoms with E-state index in [1.165, 1.54) is 0 Å². The van der Waals surface area contributed by atoms with Gasteiger partial charge in [0.15, 0.2) is 0 Å². The standard InChI is InChI=1S/C24H34N4O6S/c25-13-7-6-10-18(22(30)31)28(24(33)34-14-16-8-2-1-3-9-16)20(29)12-5-4-11-19-21-17(15-35-19)26-23(32)27-21/h1-3,8-9,17-19,21H,4-7,10-15,25H2,(H,30,31)(H2,26,27,32)/t17-,18-,19-,21-/m0/s1. The molecule has 0 unspecified atom stereocenters. The minimum Gasteiger partial charge on any atom is -0.480 e. The van der Waals surface area contributed by atoms with E-state index in [4.69, 9.17) is 10.5 Å². The van der Waals surface area contributed by atoms with Crippen molar-refractivity contribution >= 4 is 35.8 Å². The van der Waals surface area contributed by atoms with Gasteiger partial charge in [-0.15, -0.1) is 0 Å². The van der Waals surface area contributed by atoms with Crippen molar-refractivity contribution in [2.45, 2.75) is 74.9 Å². The maximum atomic E-state index is 13.1. The molecule has 10 nitrogen and oxygen atoms in total. The molecule has 0 saturated carbocycles. The number of hydrogen-bond donors (Lipinski definition) is 4. The molecule has 2 aliphatic rings. The Morgan fingerprint density at radius 2 is 1.91 bits per heavy atom. The number of benzene rings is 1. The summed E-state index contributed by atoms with van der Waals surface area (Å²) in [6.45, 7) is 0.343. The Labute approximate surface area is 209 Å². The van der Waals surface area contributed by atoms with E-state index in [1.807, 2.05) is 6.07 Å². The van der Waals surface area contributed by atoms with Crippen LogP contribution in [0.25, 0.3) is 0 Å². The fraction of sp³-hybridized carbons (Fsp3) is 0.583. The number of urea groups is 1. The number of hydrogen-bond acceptors (Lipinski definition) is 7. The molecule has 2 saturated heterocycles. The molecule has 192 valence electrons. The van der Waals surface area contributed by atoms with E-state index in [0.717, 1.165) is 29.1 Å². The molecule has 0 spiro atoms. The summed E-state index contributed by atoms with van der Waals surface area (Å²) >= 11 is 1.80. The van der Waals surface area contributed by atoms with Crippen molar-refractivity contribution in [2.75, 3.05) is 12.3 Å². The molecule has 2 aliphatic heterocycles. The number of rotatable bonds is 13. The zero-order chi connectivity index (χ0) is 25.2. The lowest BCUT2D eigenvalue weighted by atomic mass is 10.0. The van der Waals surface area contributed by atoms with Crippen LogP contribution in [0.4, 0.5) is 9.59 Å². The van der Waals surface area contributed by atoms with Crippen LogP contribution in [0.15, 0.2) is 30.3 Å². The summed E-state index contributed by atoms with van der Waals surface area (Å²) in [5, 5.41) is 15.9. The SMILES string of the molecule is NCCCC[C@@H](C(=O)O)N(C(=O)CCCC[C@@H]1SC[C@@H]2NC(=O)N[C@@H]21)C(=O)OCc1ccccc1. The average Bonchev–Trinajstić information content (AvgIpc) is 3.39. The average molecular weight is 507 g/mol. The number of carboxylic acid groups (broad SMARTS) is 1. The summed E-state index contributed by atoms with van der Waals surface area (Å²) in [5.41, 5.74) is 6.26. The number of imide groups is 1. The van der Waals surface area contributed by atoms with Gasteiger partial charge in [-0.05, 0) is 44.2 Å². The number of nitrogens with two attached hydrogens (primary N) is 1. The van der Waals surface area contributed by atoms with E-state index in [0.29, 0.717) is 25.8 Å². The molecular formula is C24H34N4O6S. The number of nitrogens with one attached hydrogen (secondary N) is 2. The van der Waals surface area contributed by atoms with Gasteiger partial charge in [-0.1, -0.05) is 36.8 Å². The van der Waals surface area contributed by atoms with E-state index < -0.39 is 24.0 Å². The van der Waals surface area contributed by atoms with Crippen LogP contribution in [0.2, 0.25) is 0 Å². The van der Waals surface area contributed by atoms with Gasteiger partial charge in [0, 0.05) is 17.4 Å². The largest absolute Gasteiger partial charge is 0.480 e. The molecule has 5 N–H and O–H groups in total. The molecule has 11 heteroatoms. The van der Waals surface area contributed by atoms with E-state index >= 15 is 0 Å². The Morgan fingerprint density at radius 3 is 2.63 bits per heavy atom. The van der Waals surface area contributed by atoms with Crippen LogP contribution in [0.1, 0.15) is 50.5 Å². The molecule has 3 rings (SSSR count). The second-order valence-corrected chi connectivity index (χ2v) is 10.1. The highest BCUT2D eigenvalue weighted by molar-refractivity contribution is 8.00. The quantitative estimate of drug-likeness (QED) is 0.235. The first kappa shape index (κ1) is 26.8. The van der Waals surface area contributed by atoms with Crippen molar-refractivity contribution < 1.29 is 29.0 Å². The van der Waals surface area contributed by atoms with Gasteiger partial charge in [0.1, 0.15) is 12.6 Å². The normalized spacial score (nSPS) is 21.5. The highest BCUT2D eigenvalue weighted by atomic mass is 32.2. The van der Waals surface area contributed by atoms with Crippen molar-refractivity contribution in [3.05, 3.63) is 35.9 Å². The van der Waals surface area contributed by atoms with Gasteiger partial charge >= 0.3 is 18.1 Å². The number of amides is 4. The van der Waals surface area contributed by atoms with Crippen molar-refractivity contribution in [1.82, 2.24) is 15.5 Å². The summed E-state index contributed by atoms with van der Waals surface area (Å²) < 4.78 is 5.32. The van der Waals surface area contributed by atoms with Gasteiger partial charge in [-0.25, -0.2) is 19.3 Å². The van der Waals surface area contributed by atoms with Crippen LogP contribution in [-0.2, 0) is 20.9 Å². The number of carbonyl (C=O) groups excluding carboxylic acids is 3. The van der Waals surface area contributed by atoms with Gasteiger partial charge in [-0.2, -0.15) is 11.8 Å². The lowest BCUT2D eigenvalue weighted by Crippen LogP contribution is -2.49. The zero-order valence-corrected chi connectivity index (χ0v) is 20.5. The first-order valence-electron chi connectivity index (χ1n) is 12.0. The zero-order valence-electron chi connectivity index (χ0n) is 19.7. The van der Waals surface area contributed by atoms with E-state index in [1.54, 1.807) is 36.0 Å². The van der Waals surface area contributed by atoms with Gasteiger partial charge in [0.2, 0.25) is 5.91 Å². The lowest BCUT2D eigenvalue weighted by Gasteiger charge is -2.27. The van der Waals surface area contributed by atoms with Crippen LogP contribution >= 0.6 is 11.8 Å². The Kier molecular flexibility index (Phi) is 10.2. The monoisotopic (exact) mass is 506 g/mol. The predicted octanol–water partition coefficient (Wildman–Crippen LogP) is 2.46. The van der Waals surface area contributed by atoms with Gasteiger partial charge < -0.3 is 26.2 Å². The van der Waals surface area contributed by atoms with Crippen LogP contribution in [0.3, 0.4) is 0 Å². The third-order valence-corrected chi connectivity index (χ3v) is 7.78. The van der Waals surface area contributed by atoms with Crippen LogP contribution < -0.4 is 16.4 Å². The maximum Gasteiger partial charge on any atom is 0.417 e. The molecule has 2 heterocycles. The molecule has 4 atom stereocenters. The maximum absolute atomic E-state index is 13.1. The molecule has 0 aliphatic carbocycles. The topological polar surface area (TPSA) is 151 Å². The minimum absolute atomic E-state index is 0.0389. The third-order valence-electron chi connectivity index (χ3n) is 6.27. The Balaban J connectivity index is 1.56. The number of thioether (sulfide) groups is 1. The smallest absolute Gasteiger partial charge is 0.417 e. The first-order chi connectivity index (χ1) is 16.9. The minimum atomic E-state index is -1.30. The van der Waals surface area contributed by atoms with E-state index in [-0.39, 0.29) is 42.8 Å². The van der Waals surface area contributed by atoms with Crippen LogP contribution in [-0.4, -0.2) is 69.7 Å². The molecule has 1 aromatic carbocycles. The van der Waals surface area contributed by atoms with Crippen molar-refractivity contribution in [1.29, 1.82) is 0 Å². The number of ether oxygens (including phenoxy) is 1. The number of unbranched alkanes of at least 4 members (excludes halogenated alkanes) is 2. The summed E-state index contributed by atoms with van der Waals surface area (Å²) in [7, 11) is 0. The third kappa shape index (κ3) is 7.60. The molecule has 0 radical (unpaired) electrons. The Morgan fingerprint density at radius 1 is 1.14 bits per heavy atom. The summed E-state index contributed by atoms with van der Waals surface area (Å²) in [6.07, 6.45) is 2.32. The second kappa shape index (κ2) is 13.3. The summed E-state index contributed by atoms with van der Waals surface area (Å²) in [5.74, 6) is -0.946. The molecule has 1 aromatic rings. The number of carbonyl (C=O) groups is 4. The molecular weight excluding hydrogens is 472 g/mol.